The van der Waals surface area contributed by atoms with E-state index in [0.717, 1.165) is 18.2 Å². The molecule has 0 aliphatic carbocycles. The summed E-state index contributed by atoms with van der Waals surface area (Å²) in [5.74, 6) is -0.0315. The van der Waals surface area contributed by atoms with Gasteiger partial charge in [-0.25, -0.2) is 4.98 Å². The van der Waals surface area contributed by atoms with Crippen LogP contribution in [0.2, 0.25) is 0 Å². The van der Waals surface area contributed by atoms with Crippen LogP contribution in [0.1, 0.15) is 0 Å². The summed E-state index contributed by atoms with van der Waals surface area (Å²) in [7, 11) is 0. The summed E-state index contributed by atoms with van der Waals surface area (Å²) in [6, 6.07) is 10.1. The van der Waals surface area contributed by atoms with Gasteiger partial charge in [0.2, 0.25) is 0 Å². The predicted molar refractivity (Wildman–Crippen MR) is 87.9 cm³/mol. The van der Waals surface area contributed by atoms with E-state index in [1.165, 1.54) is 0 Å². The zero-order valence-corrected chi connectivity index (χ0v) is 13.5. The van der Waals surface area contributed by atoms with Crippen LogP contribution >= 0.6 is 0 Å². The molecule has 1 aromatic heterocycles. The van der Waals surface area contributed by atoms with Crippen LogP contribution < -0.4 is 9.47 Å². The van der Waals surface area contributed by atoms with E-state index < -0.39 is 12.1 Å². The summed E-state index contributed by atoms with van der Waals surface area (Å²) in [5, 5.41) is 9.99. The standard InChI is InChI=1S/C18H15F3N2O3/c19-18(20,21)26-15-4-5-17(24)16(11-15)13-2-1-3-14(10-13)25-9-8-23-7-6-22-12-23/h1-7,10-12,24H,8-9H2. The van der Waals surface area contributed by atoms with Crippen LogP contribution in [0, 0.1) is 0 Å². The number of ether oxygens (including phenoxy) is 2. The normalized spacial score (nSPS) is 11.3. The fraction of sp³-hybridized carbons (Fsp3) is 0.167. The van der Waals surface area contributed by atoms with Crippen LogP contribution in [-0.4, -0.2) is 27.6 Å². The van der Waals surface area contributed by atoms with Gasteiger partial charge in [0.15, 0.2) is 0 Å². The second-order valence-corrected chi connectivity index (χ2v) is 5.40. The minimum Gasteiger partial charge on any atom is -0.507 e. The Morgan fingerprint density at radius 3 is 2.65 bits per heavy atom. The molecular weight excluding hydrogens is 349 g/mol. The summed E-state index contributed by atoms with van der Waals surface area (Å²) in [5.41, 5.74) is 0.724. The molecule has 2 aromatic carbocycles. The number of aromatic nitrogens is 2. The third-order valence-electron chi connectivity index (χ3n) is 3.52. The molecule has 0 aliphatic rings. The lowest BCUT2D eigenvalue weighted by molar-refractivity contribution is -0.274. The largest absolute Gasteiger partial charge is 0.573 e. The van der Waals surface area contributed by atoms with Crippen molar-refractivity contribution < 1.29 is 27.8 Å². The molecule has 3 aromatic rings. The quantitative estimate of drug-likeness (QED) is 0.711. The number of phenols is 1. The predicted octanol–water partition coefficient (Wildman–Crippen LogP) is 4.23. The first kappa shape index (κ1) is 17.7. The zero-order valence-electron chi connectivity index (χ0n) is 13.5. The maximum Gasteiger partial charge on any atom is 0.573 e. The van der Waals surface area contributed by atoms with Crippen LogP contribution in [0.25, 0.3) is 11.1 Å². The Hall–Kier alpha value is -3.16. The smallest absolute Gasteiger partial charge is 0.507 e. The molecule has 8 heteroatoms. The number of phenolic OH excluding ortho intramolecular Hbond substituents is 1. The van der Waals surface area contributed by atoms with Crippen LogP contribution in [-0.2, 0) is 6.54 Å². The first-order valence-corrected chi connectivity index (χ1v) is 7.68. The molecule has 0 fully saturated rings. The van der Waals surface area contributed by atoms with Crippen LogP contribution in [0.15, 0.2) is 61.2 Å². The number of hydrogen-bond donors (Lipinski definition) is 1. The molecule has 0 saturated heterocycles. The Balaban J connectivity index is 1.75. The highest BCUT2D eigenvalue weighted by Gasteiger charge is 2.31. The van der Waals surface area contributed by atoms with Gasteiger partial charge in [0.25, 0.3) is 0 Å². The molecule has 0 atom stereocenters. The van der Waals surface area contributed by atoms with Gasteiger partial charge in [0.1, 0.15) is 23.9 Å². The molecule has 1 N–H and O–H groups in total. The number of hydrogen-bond acceptors (Lipinski definition) is 4. The molecule has 0 unspecified atom stereocenters. The molecule has 1 heterocycles. The van der Waals surface area contributed by atoms with E-state index in [9.17, 15) is 18.3 Å². The van der Waals surface area contributed by atoms with Crippen molar-refractivity contribution >= 4 is 0 Å². The van der Waals surface area contributed by atoms with E-state index in [1.807, 2.05) is 10.8 Å². The Morgan fingerprint density at radius 1 is 1.08 bits per heavy atom. The maximum absolute atomic E-state index is 12.4. The Bertz CT molecular complexity index is 864. The van der Waals surface area contributed by atoms with Gasteiger partial charge in [-0.15, -0.1) is 13.2 Å². The highest BCUT2D eigenvalue weighted by molar-refractivity contribution is 5.72. The fourth-order valence-corrected chi connectivity index (χ4v) is 2.38. The van der Waals surface area contributed by atoms with Gasteiger partial charge >= 0.3 is 6.36 Å². The van der Waals surface area contributed by atoms with E-state index in [1.54, 1.807) is 36.8 Å². The Kier molecular flexibility index (Phi) is 5.01. The SMILES string of the molecule is Oc1ccc(OC(F)(F)F)cc1-c1cccc(OCCn2ccnc2)c1. The van der Waals surface area contributed by atoms with Gasteiger partial charge in [-0.3, -0.25) is 0 Å². The highest BCUT2D eigenvalue weighted by atomic mass is 19.4. The number of nitrogens with zero attached hydrogens (tertiary/aromatic N) is 2. The molecule has 0 saturated carbocycles. The van der Waals surface area contributed by atoms with E-state index in [4.69, 9.17) is 4.74 Å². The van der Waals surface area contributed by atoms with Crippen molar-refractivity contribution in [3.63, 3.8) is 0 Å². The summed E-state index contributed by atoms with van der Waals surface area (Å²) in [6.45, 7) is 0.993. The molecule has 5 nitrogen and oxygen atoms in total. The number of rotatable bonds is 6. The molecule has 3 rings (SSSR count). The van der Waals surface area contributed by atoms with Crippen LogP contribution in [0.4, 0.5) is 13.2 Å². The molecule has 136 valence electrons. The van der Waals surface area contributed by atoms with E-state index in [0.29, 0.717) is 24.5 Å². The van der Waals surface area contributed by atoms with Crippen LogP contribution in [0.5, 0.6) is 17.2 Å². The first-order valence-electron chi connectivity index (χ1n) is 7.68. The summed E-state index contributed by atoms with van der Waals surface area (Å²) in [4.78, 5) is 3.93. The van der Waals surface area contributed by atoms with Crippen LogP contribution in [0.3, 0.4) is 0 Å². The third-order valence-corrected chi connectivity index (χ3v) is 3.52. The molecule has 0 spiro atoms. The number of benzene rings is 2. The van der Waals surface area contributed by atoms with Gasteiger partial charge in [0, 0.05) is 18.0 Å². The van der Waals surface area contributed by atoms with Crippen molar-refractivity contribution in [1.82, 2.24) is 9.55 Å². The Labute approximate surface area is 147 Å². The Morgan fingerprint density at radius 2 is 1.92 bits per heavy atom. The van der Waals surface area contributed by atoms with Gasteiger partial charge in [-0.1, -0.05) is 12.1 Å². The lowest BCUT2D eigenvalue weighted by Crippen LogP contribution is -2.17. The molecule has 0 radical (unpaired) electrons. The second kappa shape index (κ2) is 7.38. The zero-order chi connectivity index (χ0) is 18.6. The first-order chi connectivity index (χ1) is 12.4. The minimum absolute atomic E-state index is 0.157. The van der Waals surface area contributed by atoms with Gasteiger partial charge < -0.3 is 19.1 Å². The average molecular weight is 364 g/mol. The van der Waals surface area contributed by atoms with Crippen molar-refractivity contribution in [2.45, 2.75) is 12.9 Å². The lowest BCUT2D eigenvalue weighted by Gasteiger charge is -2.12. The van der Waals surface area contributed by atoms with Crippen molar-refractivity contribution in [2.75, 3.05) is 6.61 Å². The van der Waals surface area contributed by atoms with E-state index in [-0.39, 0.29) is 11.3 Å². The van der Waals surface area contributed by atoms with Gasteiger partial charge in [0.05, 0.1) is 12.9 Å². The number of aromatic hydroxyl groups is 1. The van der Waals surface area contributed by atoms with E-state index in [2.05, 4.69) is 9.72 Å². The number of halogens is 3. The molecular formula is C18H15F3N2O3. The molecule has 0 aliphatic heterocycles. The summed E-state index contributed by atoms with van der Waals surface area (Å²) < 4.78 is 48.6. The lowest BCUT2D eigenvalue weighted by atomic mass is 10.0. The van der Waals surface area contributed by atoms with Gasteiger partial charge in [-0.05, 0) is 35.9 Å². The van der Waals surface area contributed by atoms with Gasteiger partial charge in [-0.2, -0.15) is 0 Å². The monoisotopic (exact) mass is 364 g/mol. The van der Waals surface area contributed by atoms with E-state index >= 15 is 0 Å². The maximum atomic E-state index is 12.4. The topological polar surface area (TPSA) is 56.5 Å². The van der Waals surface area contributed by atoms with Crippen molar-refractivity contribution in [3.05, 3.63) is 61.2 Å². The summed E-state index contributed by atoms with van der Waals surface area (Å²) in [6.07, 6.45) is 0.347. The molecule has 0 bridgehead atoms. The van der Waals surface area contributed by atoms with Crippen molar-refractivity contribution in [1.29, 1.82) is 0 Å². The number of alkyl halides is 3. The minimum atomic E-state index is -4.80. The highest BCUT2D eigenvalue weighted by Crippen LogP contribution is 2.35. The molecule has 26 heavy (non-hydrogen) atoms. The number of imidazole rings is 1. The fourth-order valence-electron chi connectivity index (χ4n) is 2.38. The average Bonchev–Trinajstić information content (AvgIpc) is 3.09. The third kappa shape index (κ3) is 4.69. The van der Waals surface area contributed by atoms with Crippen molar-refractivity contribution in [2.24, 2.45) is 0 Å². The summed E-state index contributed by atoms with van der Waals surface area (Å²) >= 11 is 0. The second-order valence-electron chi connectivity index (χ2n) is 5.40. The molecule has 0 amide bonds. The van der Waals surface area contributed by atoms with Crippen molar-refractivity contribution in [3.8, 4) is 28.4 Å².